The number of ether oxygens (including phenoxy) is 1. The van der Waals surface area contributed by atoms with Crippen LogP contribution in [0.5, 0.6) is 5.88 Å². The molecular weight excluding hydrogens is 318 g/mol. The number of hydrogen-bond acceptors (Lipinski definition) is 8. The summed E-state index contributed by atoms with van der Waals surface area (Å²) in [4.78, 5) is 10.6. The summed E-state index contributed by atoms with van der Waals surface area (Å²) in [6.45, 7) is 5.39. The average Bonchev–Trinajstić information content (AvgIpc) is 2.65. The van der Waals surface area contributed by atoms with E-state index in [0.29, 0.717) is 23.2 Å². The molecule has 2 aromatic rings. The Morgan fingerprint density at radius 2 is 2.04 bits per heavy atom. The van der Waals surface area contributed by atoms with Gasteiger partial charge in [-0.1, -0.05) is 0 Å². The minimum atomic E-state index is 0.272. The van der Waals surface area contributed by atoms with Crippen LogP contribution in [0.25, 0.3) is 0 Å². The van der Waals surface area contributed by atoms with E-state index in [-0.39, 0.29) is 6.04 Å². The van der Waals surface area contributed by atoms with Crippen LogP contribution in [0.4, 0.5) is 11.8 Å². The molecule has 1 N–H and O–H groups in total. The van der Waals surface area contributed by atoms with E-state index >= 15 is 0 Å². The summed E-state index contributed by atoms with van der Waals surface area (Å²) in [5.41, 5.74) is 2.32. The van der Waals surface area contributed by atoms with Gasteiger partial charge in [0.05, 0.1) is 12.8 Å². The number of anilines is 2. The molecular formula is C17H21N7O. The number of aryl methyl sites for hydroxylation is 1. The van der Waals surface area contributed by atoms with Crippen LogP contribution < -0.4 is 15.0 Å². The van der Waals surface area contributed by atoms with Gasteiger partial charge in [0.2, 0.25) is 11.8 Å². The first-order valence-corrected chi connectivity index (χ1v) is 8.25. The molecule has 1 saturated heterocycles. The van der Waals surface area contributed by atoms with Crippen molar-refractivity contribution in [2.45, 2.75) is 32.7 Å². The molecule has 0 radical (unpaired) electrons. The van der Waals surface area contributed by atoms with E-state index in [0.717, 1.165) is 37.2 Å². The van der Waals surface area contributed by atoms with Crippen molar-refractivity contribution >= 4 is 11.8 Å². The number of rotatable bonds is 4. The maximum absolute atomic E-state index is 9.47. The Bertz CT molecular complexity index is 794. The number of hydrogen-bond donors (Lipinski definition) is 1. The number of nitrogens with one attached hydrogen (secondary N) is 1. The van der Waals surface area contributed by atoms with Crippen LogP contribution in [-0.4, -0.2) is 46.4 Å². The maximum atomic E-state index is 9.47. The van der Waals surface area contributed by atoms with Gasteiger partial charge in [0.25, 0.3) is 0 Å². The molecule has 2 aromatic heterocycles. The first-order valence-electron chi connectivity index (χ1n) is 8.25. The highest BCUT2D eigenvalue weighted by molar-refractivity contribution is 5.57. The SMILES string of the molecule is COc1ccnc(NC2CCN(c3nnc(C)c(C)c3C#N)CC2)n1. The minimum Gasteiger partial charge on any atom is -0.481 e. The highest BCUT2D eigenvalue weighted by Gasteiger charge is 2.24. The molecule has 25 heavy (non-hydrogen) atoms. The molecule has 0 unspecified atom stereocenters. The summed E-state index contributed by atoms with van der Waals surface area (Å²) in [5, 5.41) is 21.2. The predicted octanol–water partition coefficient (Wildman–Crippen LogP) is 1.84. The van der Waals surface area contributed by atoms with Crippen molar-refractivity contribution in [3.8, 4) is 11.9 Å². The van der Waals surface area contributed by atoms with E-state index in [1.807, 2.05) is 13.8 Å². The zero-order valence-corrected chi connectivity index (χ0v) is 14.7. The lowest BCUT2D eigenvalue weighted by Crippen LogP contribution is -2.40. The van der Waals surface area contributed by atoms with Gasteiger partial charge >= 0.3 is 0 Å². The van der Waals surface area contributed by atoms with Crippen molar-refractivity contribution in [3.63, 3.8) is 0 Å². The first kappa shape index (κ1) is 16.9. The van der Waals surface area contributed by atoms with Crippen LogP contribution in [0.15, 0.2) is 12.3 Å². The van der Waals surface area contributed by atoms with Crippen LogP contribution in [0.1, 0.15) is 29.7 Å². The van der Waals surface area contributed by atoms with Gasteiger partial charge in [0.1, 0.15) is 11.6 Å². The van der Waals surface area contributed by atoms with E-state index in [9.17, 15) is 5.26 Å². The summed E-state index contributed by atoms with van der Waals surface area (Å²) < 4.78 is 5.12. The Kier molecular flexibility index (Phi) is 4.93. The third kappa shape index (κ3) is 3.60. The number of piperidine rings is 1. The molecule has 0 aliphatic carbocycles. The fourth-order valence-corrected chi connectivity index (χ4v) is 2.89. The number of aromatic nitrogens is 4. The van der Waals surface area contributed by atoms with Crippen molar-refractivity contribution in [2.24, 2.45) is 0 Å². The molecule has 1 aliphatic heterocycles. The van der Waals surface area contributed by atoms with Crippen LogP contribution >= 0.6 is 0 Å². The van der Waals surface area contributed by atoms with Gasteiger partial charge in [-0.15, -0.1) is 5.10 Å². The Labute approximate surface area is 146 Å². The zero-order valence-electron chi connectivity index (χ0n) is 14.7. The Hall–Kier alpha value is -2.95. The summed E-state index contributed by atoms with van der Waals surface area (Å²) in [5.74, 6) is 1.79. The maximum Gasteiger partial charge on any atom is 0.226 e. The highest BCUT2D eigenvalue weighted by Crippen LogP contribution is 2.25. The summed E-state index contributed by atoms with van der Waals surface area (Å²) in [7, 11) is 1.59. The van der Waals surface area contributed by atoms with E-state index in [1.54, 1.807) is 19.4 Å². The molecule has 3 heterocycles. The largest absolute Gasteiger partial charge is 0.481 e. The van der Waals surface area contributed by atoms with Gasteiger partial charge in [-0.2, -0.15) is 15.3 Å². The van der Waals surface area contributed by atoms with E-state index in [2.05, 4.69) is 36.5 Å². The minimum absolute atomic E-state index is 0.272. The quantitative estimate of drug-likeness (QED) is 0.901. The smallest absolute Gasteiger partial charge is 0.226 e. The fourth-order valence-electron chi connectivity index (χ4n) is 2.89. The van der Waals surface area contributed by atoms with Gasteiger partial charge in [0, 0.05) is 31.4 Å². The van der Waals surface area contributed by atoms with E-state index in [1.165, 1.54) is 0 Å². The number of methoxy groups -OCH3 is 1. The molecule has 0 amide bonds. The van der Waals surface area contributed by atoms with Gasteiger partial charge in [-0.25, -0.2) is 4.98 Å². The third-order valence-corrected chi connectivity index (χ3v) is 4.51. The summed E-state index contributed by atoms with van der Waals surface area (Å²) in [6, 6.07) is 4.26. The Balaban J connectivity index is 1.66. The molecule has 0 atom stereocenters. The second kappa shape index (κ2) is 7.30. The van der Waals surface area contributed by atoms with Crippen LogP contribution in [0.3, 0.4) is 0 Å². The lowest BCUT2D eigenvalue weighted by molar-refractivity contribution is 0.397. The predicted molar refractivity (Wildman–Crippen MR) is 93.7 cm³/mol. The first-order chi connectivity index (χ1) is 12.1. The van der Waals surface area contributed by atoms with Crippen LogP contribution in [-0.2, 0) is 0 Å². The highest BCUT2D eigenvalue weighted by atomic mass is 16.5. The molecule has 1 fully saturated rings. The van der Waals surface area contributed by atoms with Crippen molar-refractivity contribution in [3.05, 3.63) is 29.1 Å². The standard InChI is InChI=1S/C17H21N7O/c1-11-12(2)22-23-16(14(11)10-18)24-8-5-13(6-9-24)20-17-19-7-4-15(21-17)25-3/h4,7,13H,5-6,8-9H2,1-3H3,(H,19,20,21). The van der Waals surface area contributed by atoms with E-state index in [4.69, 9.17) is 4.74 Å². The number of nitrogens with zero attached hydrogens (tertiary/aromatic N) is 6. The normalized spacial score (nSPS) is 14.9. The van der Waals surface area contributed by atoms with Crippen molar-refractivity contribution < 1.29 is 4.74 Å². The summed E-state index contributed by atoms with van der Waals surface area (Å²) in [6.07, 6.45) is 3.48. The molecule has 8 heteroatoms. The monoisotopic (exact) mass is 339 g/mol. The molecule has 1 aliphatic rings. The molecule has 0 spiro atoms. The molecule has 8 nitrogen and oxygen atoms in total. The molecule has 130 valence electrons. The lowest BCUT2D eigenvalue weighted by Gasteiger charge is -2.33. The molecule has 3 rings (SSSR count). The van der Waals surface area contributed by atoms with E-state index < -0.39 is 0 Å². The van der Waals surface area contributed by atoms with Crippen molar-refractivity contribution in [1.82, 2.24) is 20.2 Å². The van der Waals surface area contributed by atoms with Crippen molar-refractivity contribution in [1.29, 1.82) is 5.26 Å². The summed E-state index contributed by atoms with van der Waals surface area (Å²) >= 11 is 0. The van der Waals surface area contributed by atoms with Crippen LogP contribution in [0.2, 0.25) is 0 Å². The molecule has 0 saturated carbocycles. The van der Waals surface area contributed by atoms with Gasteiger partial charge in [-0.05, 0) is 32.3 Å². The third-order valence-electron chi connectivity index (χ3n) is 4.51. The topological polar surface area (TPSA) is 99.9 Å². The number of nitriles is 1. The second-order valence-corrected chi connectivity index (χ2v) is 6.05. The van der Waals surface area contributed by atoms with Crippen molar-refractivity contribution in [2.75, 3.05) is 30.4 Å². The second-order valence-electron chi connectivity index (χ2n) is 6.05. The zero-order chi connectivity index (χ0) is 17.8. The average molecular weight is 339 g/mol. The molecule has 0 bridgehead atoms. The lowest BCUT2D eigenvalue weighted by atomic mass is 10.0. The Morgan fingerprint density at radius 1 is 1.28 bits per heavy atom. The van der Waals surface area contributed by atoms with Crippen LogP contribution in [0, 0.1) is 25.2 Å². The fraction of sp³-hybridized carbons (Fsp3) is 0.471. The van der Waals surface area contributed by atoms with Gasteiger partial charge in [0.15, 0.2) is 5.82 Å². The molecule has 0 aromatic carbocycles. The van der Waals surface area contributed by atoms with Gasteiger partial charge in [-0.3, -0.25) is 0 Å². The Morgan fingerprint density at radius 3 is 2.72 bits per heavy atom. The van der Waals surface area contributed by atoms with Gasteiger partial charge < -0.3 is 15.0 Å².